The zero-order chi connectivity index (χ0) is 24.6. The lowest BCUT2D eigenvalue weighted by molar-refractivity contribution is 0.247. The number of rotatable bonds is 6. The normalized spacial score (nSPS) is 11.8. The average Bonchev–Trinajstić information content (AvgIpc) is 3.44. The SMILES string of the molecule is CCCCc1cccc2c1c1ccccc1n2C(=O)n1c2ccccc2c2c(CCCC)cccc21. The fourth-order valence-corrected chi connectivity index (χ4v) is 5.85. The van der Waals surface area contributed by atoms with Crippen LogP contribution in [0.4, 0.5) is 4.79 Å². The average molecular weight is 473 g/mol. The lowest BCUT2D eigenvalue weighted by atomic mass is 10.0. The van der Waals surface area contributed by atoms with Crippen molar-refractivity contribution in [3.63, 3.8) is 0 Å². The molecule has 0 fully saturated rings. The first kappa shape index (κ1) is 22.6. The highest BCUT2D eigenvalue weighted by Gasteiger charge is 2.23. The molecule has 3 nitrogen and oxygen atoms in total. The van der Waals surface area contributed by atoms with Gasteiger partial charge in [-0.05, 0) is 61.1 Å². The largest absolute Gasteiger partial charge is 0.338 e. The number of aromatic nitrogens is 2. The van der Waals surface area contributed by atoms with Gasteiger partial charge in [-0.25, -0.2) is 4.79 Å². The summed E-state index contributed by atoms with van der Waals surface area (Å²) in [6.45, 7) is 4.45. The van der Waals surface area contributed by atoms with Crippen molar-refractivity contribution in [3.8, 4) is 0 Å². The number of fused-ring (bicyclic) bond motifs is 6. The van der Waals surface area contributed by atoms with Crippen molar-refractivity contribution in [2.45, 2.75) is 52.4 Å². The standard InChI is InChI=1S/C33H32N2O/c1-3-5-13-23-15-11-21-29-31(23)25-17-7-9-19-27(25)34(29)33(36)35-28-20-10-8-18-26(28)32-24(14-6-4-2)16-12-22-30(32)35/h7-12,15-22H,3-6,13-14H2,1-2H3. The predicted molar refractivity (Wildman–Crippen MR) is 152 cm³/mol. The highest BCUT2D eigenvalue weighted by Crippen LogP contribution is 2.36. The molecule has 6 aromatic rings. The Bertz CT molecular complexity index is 1610. The quantitative estimate of drug-likeness (QED) is 0.237. The number of aryl methyl sites for hydroxylation is 2. The Morgan fingerprint density at radius 1 is 0.556 bits per heavy atom. The number of para-hydroxylation sites is 2. The summed E-state index contributed by atoms with van der Waals surface area (Å²) in [7, 11) is 0. The van der Waals surface area contributed by atoms with Crippen LogP contribution in [-0.4, -0.2) is 15.2 Å². The van der Waals surface area contributed by atoms with E-state index in [9.17, 15) is 4.79 Å². The third-order valence-corrected chi connectivity index (χ3v) is 7.55. The van der Waals surface area contributed by atoms with Crippen LogP contribution in [0.2, 0.25) is 0 Å². The van der Waals surface area contributed by atoms with Gasteiger partial charge in [-0.3, -0.25) is 9.13 Å². The third kappa shape index (κ3) is 3.45. The summed E-state index contributed by atoms with van der Waals surface area (Å²) in [5.41, 5.74) is 6.55. The fraction of sp³-hybridized carbons (Fsp3) is 0.242. The van der Waals surface area contributed by atoms with Gasteiger partial charge in [-0.15, -0.1) is 0 Å². The Kier molecular flexibility index (Phi) is 5.85. The molecule has 180 valence electrons. The second-order valence-corrected chi connectivity index (χ2v) is 9.82. The van der Waals surface area contributed by atoms with Crippen LogP contribution in [0, 0.1) is 0 Å². The summed E-state index contributed by atoms with van der Waals surface area (Å²) in [4.78, 5) is 14.6. The van der Waals surface area contributed by atoms with Gasteiger partial charge in [0.25, 0.3) is 0 Å². The molecular formula is C33H32N2O. The van der Waals surface area contributed by atoms with Crippen molar-refractivity contribution < 1.29 is 4.79 Å². The predicted octanol–water partition coefficient (Wildman–Crippen LogP) is 9.10. The van der Waals surface area contributed by atoms with E-state index in [1.807, 2.05) is 21.3 Å². The van der Waals surface area contributed by atoms with E-state index < -0.39 is 0 Å². The lowest BCUT2D eigenvalue weighted by Crippen LogP contribution is -2.18. The Hall–Kier alpha value is -3.85. The van der Waals surface area contributed by atoms with Crippen molar-refractivity contribution >= 4 is 49.6 Å². The molecule has 0 amide bonds. The Morgan fingerprint density at radius 3 is 1.42 bits per heavy atom. The lowest BCUT2D eigenvalue weighted by Gasteiger charge is -2.11. The summed E-state index contributed by atoms with van der Waals surface area (Å²) in [6, 6.07) is 29.5. The van der Waals surface area contributed by atoms with Crippen molar-refractivity contribution in [2.24, 2.45) is 0 Å². The van der Waals surface area contributed by atoms with Gasteiger partial charge in [-0.2, -0.15) is 0 Å². The van der Waals surface area contributed by atoms with Crippen LogP contribution >= 0.6 is 0 Å². The number of carbonyl (C=O) groups is 1. The first-order chi connectivity index (χ1) is 17.7. The summed E-state index contributed by atoms with van der Waals surface area (Å²) >= 11 is 0. The molecule has 0 saturated heterocycles. The molecule has 0 radical (unpaired) electrons. The third-order valence-electron chi connectivity index (χ3n) is 7.55. The van der Waals surface area contributed by atoms with E-state index in [2.05, 4.69) is 86.6 Å². The Morgan fingerprint density at radius 2 is 0.972 bits per heavy atom. The molecule has 0 aliphatic heterocycles. The van der Waals surface area contributed by atoms with Gasteiger partial charge in [0.05, 0.1) is 22.1 Å². The zero-order valence-corrected chi connectivity index (χ0v) is 21.1. The Labute approximate surface area is 211 Å². The molecule has 0 spiro atoms. The van der Waals surface area contributed by atoms with Crippen LogP contribution in [0.25, 0.3) is 43.6 Å². The van der Waals surface area contributed by atoms with Gasteiger partial charge >= 0.3 is 6.03 Å². The molecule has 6 rings (SSSR count). The van der Waals surface area contributed by atoms with Crippen LogP contribution < -0.4 is 0 Å². The maximum absolute atomic E-state index is 14.6. The Balaban J connectivity index is 1.66. The summed E-state index contributed by atoms with van der Waals surface area (Å²) < 4.78 is 3.87. The summed E-state index contributed by atoms with van der Waals surface area (Å²) in [5, 5.41) is 4.72. The van der Waals surface area contributed by atoms with Gasteiger partial charge in [0.15, 0.2) is 0 Å². The molecule has 0 unspecified atom stereocenters. The molecule has 2 aromatic heterocycles. The van der Waals surface area contributed by atoms with E-state index in [-0.39, 0.29) is 6.03 Å². The first-order valence-corrected chi connectivity index (χ1v) is 13.3. The molecule has 0 saturated carbocycles. The highest BCUT2D eigenvalue weighted by molar-refractivity contribution is 6.19. The molecule has 0 N–H and O–H groups in total. The minimum Gasteiger partial charge on any atom is -0.261 e. The maximum atomic E-state index is 14.6. The van der Waals surface area contributed by atoms with Gasteiger partial charge in [0, 0.05) is 21.5 Å². The summed E-state index contributed by atoms with van der Waals surface area (Å²) in [5.74, 6) is 0. The molecule has 2 heterocycles. The molecule has 0 atom stereocenters. The van der Waals surface area contributed by atoms with Gasteiger partial charge < -0.3 is 0 Å². The monoisotopic (exact) mass is 472 g/mol. The fourth-order valence-electron chi connectivity index (χ4n) is 5.85. The number of hydrogen-bond donors (Lipinski definition) is 0. The molecule has 4 aromatic carbocycles. The van der Waals surface area contributed by atoms with Gasteiger partial charge in [0.1, 0.15) is 0 Å². The van der Waals surface area contributed by atoms with Crippen molar-refractivity contribution in [3.05, 3.63) is 96.1 Å². The van der Waals surface area contributed by atoms with E-state index in [0.29, 0.717) is 0 Å². The number of nitrogens with zero attached hydrogens (tertiary/aromatic N) is 2. The van der Waals surface area contributed by atoms with Crippen molar-refractivity contribution in [1.29, 1.82) is 0 Å². The minimum atomic E-state index is -0.0207. The molecule has 0 bridgehead atoms. The van der Waals surface area contributed by atoms with E-state index in [1.165, 1.54) is 21.9 Å². The molecule has 0 aliphatic rings. The number of unbranched alkanes of at least 4 members (excludes halogenated alkanes) is 2. The second-order valence-electron chi connectivity index (χ2n) is 9.82. The maximum Gasteiger partial charge on any atom is 0.338 e. The number of carbonyl (C=O) groups excluding carboxylic acids is 1. The number of hydrogen-bond acceptors (Lipinski definition) is 1. The van der Waals surface area contributed by atoms with Crippen LogP contribution in [0.3, 0.4) is 0 Å². The zero-order valence-electron chi connectivity index (χ0n) is 21.1. The van der Waals surface area contributed by atoms with Crippen LogP contribution in [0.1, 0.15) is 50.7 Å². The van der Waals surface area contributed by atoms with Crippen molar-refractivity contribution in [2.75, 3.05) is 0 Å². The molecule has 3 heteroatoms. The van der Waals surface area contributed by atoms with Crippen LogP contribution in [0.5, 0.6) is 0 Å². The van der Waals surface area contributed by atoms with Crippen molar-refractivity contribution in [1.82, 2.24) is 9.13 Å². The van der Waals surface area contributed by atoms with E-state index in [1.54, 1.807) is 0 Å². The van der Waals surface area contributed by atoms with Crippen LogP contribution in [-0.2, 0) is 12.8 Å². The molecule has 0 aliphatic carbocycles. The van der Waals surface area contributed by atoms with E-state index >= 15 is 0 Å². The number of benzene rings is 4. The minimum absolute atomic E-state index is 0.0207. The topological polar surface area (TPSA) is 26.9 Å². The van der Waals surface area contributed by atoms with Gasteiger partial charge in [0.2, 0.25) is 0 Å². The van der Waals surface area contributed by atoms with Crippen LogP contribution in [0.15, 0.2) is 84.9 Å². The van der Waals surface area contributed by atoms with Gasteiger partial charge in [-0.1, -0.05) is 87.4 Å². The van der Waals surface area contributed by atoms with E-state index in [0.717, 1.165) is 71.4 Å². The highest BCUT2D eigenvalue weighted by atomic mass is 16.2. The smallest absolute Gasteiger partial charge is 0.261 e. The molecular weight excluding hydrogens is 440 g/mol. The van der Waals surface area contributed by atoms with E-state index in [4.69, 9.17) is 0 Å². The summed E-state index contributed by atoms with van der Waals surface area (Å²) in [6.07, 6.45) is 6.61. The second kappa shape index (κ2) is 9.31. The first-order valence-electron chi connectivity index (χ1n) is 13.3. The molecule has 36 heavy (non-hydrogen) atoms.